The van der Waals surface area contributed by atoms with Crippen molar-refractivity contribution >= 4 is 27.0 Å². The van der Waals surface area contributed by atoms with E-state index >= 15 is 0 Å². The summed E-state index contributed by atoms with van der Waals surface area (Å²) < 4.78 is 2.81. The summed E-state index contributed by atoms with van der Waals surface area (Å²) in [7, 11) is 0. The Morgan fingerprint density at radius 2 is 2.00 bits per heavy atom. The lowest BCUT2D eigenvalue weighted by Gasteiger charge is -2.10. The minimum atomic E-state index is -0.00378. The van der Waals surface area contributed by atoms with Crippen molar-refractivity contribution in [3.05, 3.63) is 52.5 Å². The lowest BCUT2D eigenvalue weighted by atomic mass is 10.1. The van der Waals surface area contributed by atoms with Crippen LogP contribution >= 0.6 is 15.9 Å². The molecule has 0 saturated carbocycles. The fourth-order valence-corrected chi connectivity index (χ4v) is 2.80. The summed E-state index contributed by atoms with van der Waals surface area (Å²) >= 11 is 3.56. The molecule has 5 heteroatoms. The number of aromatic nitrogens is 3. The molecular formula is C14H13BrN4. The zero-order valence-electron chi connectivity index (χ0n) is 10.4. The Hall–Kier alpha value is -1.72. The van der Waals surface area contributed by atoms with E-state index in [4.69, 9.17) is 5.73 Å². The quantitative estimate of drug-likeness (QED) is 0.789. The molecule has 0 fully saturated rings. The van der Waals surface area contributed by atoms with Gasteiger partial charge in [0.2, 0.25) is 0 Å². The van der Waals surface area contributed by atoms with Gasteiger partial charge in [-0.05, 0) is 36.8 Å². The topological polar surface area (TPSA) is 56.7 Å². The van der Waals surface area contributed by atoms with Crippen molar-refractivity contribution in [1.82, 2.24) is 15.0 Å². The molecule has 1 atom stereocenters. The summed E-state index contributed by atoms with van der Waals surface area (Å²) in [5.74, 6) is 0. The number of fused-ring (bicyclic) bond motifs is 1. The molecule has 0 saturated heterocycles. The van der Waals surface area contributed by atoms with Gasteiger partial charge in [0, 0.05) is 10.5 Å². The number of nitrogens with two attached hydrogens (primary N) is 1. The van der Waals surface area contributed by atoms with Crippen molar-refractivity contribution in [1.29, 1.82) is 0 Å². The second kappa shape index (κ2) is 4.75. The standard InChI is InChI=1S/C14H13BrN4/c1-9(16)11-7-6-10(8-12(11)15)19-14-5-3-2-4-13(14)17-18-19/h2-9H,16H2,1H3/t9-/m0/s1. The highest BCUT2D eigenvalue weighted by molar-refractivity contribution is 9.10. The van der Waals surface area contributed by atoms with Gasteiger partial charge < -0.3 is 5.73 Å². The molecule has 0 radical (unpaired) electrons. The number of para-hydroxylation sites is 1. The van der Waals surface area contributed by atoms with Crippen LogP contribution in [0.1, 0.15) is 18.5 Å². The Labute approximate surface area is 119 Å². The molecule has 2 aromatic carbocycles. The lowest BCUT2D eigenvalue weighted by molar-refractivity contribution is 0.802. The first-order valence-corrected chi connectivity index (χ1v) is 6.82. The highest BCUT2D eigenvalue weighted by Crippen LogP contribution is 2.26. The Balaban J connectivity index is 2.14. The first-order valence-electron chi connectivity index (χ1n) is 6.02. The number of nitrogens with zero attached hydrogens (tertiary/aromatic N) is 3. The van der Waals surface area contributed by atoms with Crippen molar-refractivity contribution in [2.75, 3.05) is 0 Å². The molecule has 0 spiro atoms. The van der Waals surface area contributed by atoms with Crippen LogP contribution in [0.25, 0.3) is 16.7 Å². The summed E-state index contributed by atoms with van der Waals surface area (Å²) in [5.41, 5.74) is 9.82. The van der Waals surface area contributed by atoms with Gasteiger partial charge in [0.15, 0.2) is 0 Å². The van der Waals surface area contributed by atoms with E-state index in [0.717, 1.165) is 26.8 Å². The van der Waals surface area contributed by atoms with Gasteiger partial charge in [0.05, 0.1) is 11.2 Å². The van der Waals surface area contributed by atoms with E-state index in [1.807, 2.05) is 54.1 Å². The Kier molecular flexibility index (Phi) is 3.08. The average molecular weight is 317 g/mol. The molecule has 1 heterocycles. The smallest absolute Gasteiger partial charge is 0.113 e. The SMILES string of the molecule is C[C@H](N)c1ccc(-n2nnc3ccccc32)cc1Br. The van der Waals surface area contributed by atoms with Crippen molar-refractivity contribution in [2.24, 2.45) is 5.73 Å². The second-order valence-electron chi connectivity index (χ2n) is 4.48. The molecule has 0 unspecified atom stereocenters. The zero-order valence-corrected chi connectivity index (χ0v) is 12.0. The summed E-state index contributed by atoms with van der Waals surface area (Å²) in [6, 6.07) is 13.9. The third-order valence-corrected chi connectivity index (χ3v) is 3.76. The van der Waals surface area contributed by atoms with Gasteiger partial charge in [0.25, 0.3) is 0 Å². The Bertz CT molecular complexity index is 733. The highest BCUT2D eigenvalue weighted by atomic mass is 79.9. The summed E-state index contributed by atoms with van der Waals surface area (Å²) in [6.07, 6.45) is 0. The van der Waals surface area contributed by atoms with Crippen molar-refractivity contribution in [3.8, 4) is 5.69 Å². The predicted octanol–water partition coefficient (Wildman–Crippen LogP) is 3.20. The molecule has 1 aromatic heterocycles. The first kappa shape index (κ1) is 12.3. The number of hydrogen-bond donors (Lipinski definition) is 1. The second-order valence-corrected chi connectivity index (χ2v) is 5.34. The Morgan fingerprint density at radius 3 is 2.74 bits per heavy atom. The number of benzene rings is 2. The predicted molar refractivity (Wildman–Crippen MR) is 79.2 cm³/mol. The van der Waals surface area contributed by atoms with E-state index in [1.165, 1.54) is 0 Å². The van der Waals surface area contributed by atoms with Crippen LogP contribution in [0.3, 0.4) is 0 Å². The normalized spacial score (nSPS) is 12.8. The molecule has 3 rings (SSSR count). The van der Waals surface area contributed by atoms with Gasteiger partial charge in [-0.25, -0.2) is 4.68 Å². The van der Waals surface area contributed by atoms with E-state index < -0.39 is 0 Å². The van der Waals surface area contributed by atoms with Gasteiger partial charge in [-0.15, -0.1) is 5.10 Å². The molecule has 0 bridgehead atoms. The molecule has 2 N–H and O–H groups in total. The highest BCUT2D eigenvalue weighted by Gasteiger charge is 2.09. The van der Waals surface area contributed by atoms with Crippen LogP contribution in [0.4, 0.5) is 0 Å². The van der Waals surface area contributed by atoms with E-state index in [0.29, 0.717) is 0 Å². The van der Waals surface area contributed by atoms with Crippen LogP contribution < -0.4 is 5.73 Å². The third-order valence-electron chi connectivity index (χ3n) is 3.07. The number of halogens is 1. The fourth-order valence-electron chi connectivity index (χ4n) is 2.08. The molecule has 19 heavy (non-hydrogen) atoms. The van der Waals surface area contributed by atoms with E-state index in [2.05, 4.69) is 26.2 Å². The monoisotopic (exact) mass is 316 g/mol. The molecule has 0 aliphatic rings. The molecule has 4 nitrogen and oxygen atoms in total. The van der Waals surface area contributed by atoms with E-state index in [1.54, 1.807) is 0 Å². The van der Waals surface area contributed by atoms with Crippen LogP contribution in [0.5, 0.6) is 0 Å². The van der Waals surface area contributed by atoms with Crippen LogP contribution in [0.15, 0.2) is 46.9 Å². The minimum absolute atomic E-state index is 0.00378. The van der Waals surface area contributed by atoms with Gasteiger partial charge in [-0.3, -0.25) is 0 Å². The summed E-state index contributed by atoms with van der Waals surface area (Å²) in [6.45, 7) is 1.96. The summed E-state index contributed by atoms with van der Waals surface area (Å²) in [5, 5.41) is 8.35. The summed E-state index contributed by atoms with van der Waals surface area (Å²) in [4.78, 5) is 0. The van der Waals surface area contributed by atoms with Crippen molar-refractivity contribution in [2.45, 2.75) is 13.0 Å². The fraction of sp³-hybridized carbons (Fsp3) is 0.143. The zero-order chi connectivity index (χ0) is 13.4. The molecular weight excluding hydrogens is 304 g/mol. The third kappa shape index (κ3) is 2.15. The maximum atomic E-state index is 5.91. The molecule has 96 valence electrons. The number of rotatable bonds is 2. The minimum Gasteiger partial charge on any atom is -0.324 e. The average Bonchev–Trinajstić information content (AvgIpc) is 2.82. The van der Waals surface area contributed by atoms with Crippen molar-refractivity contribution in [3.63, 3.8) is 0 Å². The van der Waals surface area contributed by atoms with Gasteiger partial charge in [-0.2, -0.15) is 0 Å². The molecule has 0 aliphatic carbocycles. The lowest BCUT2D eigenvalue weighted by Crippen LogP contribution is -2.06. The Morgan fingerprint density at radius 1 is 1.21 bits per heavy atom. The molecule has 0 aliphatic heterocycles. The van der Waals surface area contributed by atoms with Crippen molar-refractivity contribution < 1.29 is 0 Å². The number of hydrogen-bond acceptors (Lipinski definition) is 3. The van der Waals surface area contributed by atoms with Gasteiger partial charge >= 0.3 is 0 Å². The van der Waals surface area contributed by atoms with Crippen LogP contribution in [-0.4, -0.2) is 15.0 Å². The first-order chi connectivity index (χ1) is 9.16. The van der Waals surface area contributed by atoms with Crippen LogP contribution in [0.2, 0.25) is 0 Å². The van der Waals surface area contributed by atoms with E-state index in [9.17, 15) is 0 Å². The van der Waals surface area contributed by atoms with E-state index in [-0.39, 0.29) is 6.04 Å². The molecule has 3 aromatic rings. The van der Waals surface area contributed by atoms with Gasteiger partial charge in [0.1, 0.15) is 5.52 Å². The maximum Gasteiger partial charge on any atom is 0.113 e. The van der Waals surface area contributed by atoms with Crippen LogP contribution in [-0.2, 0) is 0 Å². The molecule has 0 amide bonds. The maximum absolute atomic E-state index is 5.91. The van der Waals surface area contributed by atoms with Gasteiger partial charge in [-0.1, -0.05) is 39.3 Å². The largest absolute Gasteiger partial charge is 0.324 e. The van der Waals surface area contributed by atoms with Crippen LogP contribution in [0, 0.1) is 0 Å².